The molecular weight excluding hydrogens is 304 g/mol. The van der Waals surface area contributed by atoms with E-state index in [9.17, 15) is 4.79 Å². The van der Waals surface area contributed by atoms with Crippen molar-refractivity contribution in [2.45, 2.75) is 51.6 Å². The number of benzene rings is 1. The van der Waals surface area contributed by atoms with E-state index in [1.165, 1.54) is 29.5 Å². The predicted octanol–water partition coefficient (Wildman–Crippen LogP) is 3.25. The molecule has 1 aliphatic heterocycles. The lowest BCUT2D eigenvalue weighted by Crippen LogP contribution is -2.30. The maximum atomic E-state index is 12.0. The number of thioether (sulfide) groups is 1. The van der Waals surface area contributed by atoms with Gasteiger partial charge in [-0.1, -0.05) is 31.5 Å². The van der Waals surface area contributed by atoms with Gasteiger partial charge in [0.2, 0.25) is 5.91 Å². The third-order valence-electron chi connectivity index (χ3n) is 3.60. The van der Waals surface area contributed by atoms with Crippen molar-refractivity contribution in [3.63, 3.8) is 0 Å². The molecule has 0 aromatic heterocycles. The monoisotopic (exact) mass is 328 g/mol. The molecule has 1 amide bonds. The van der Waals surface area contributed by atoms with Gasteiger partial charge in [0.1, 0.15) is 0 Å². The summed E-state index contributed by atoms with van der Waals surface area (Å²) in [7, 11) is 0. The van der Waals surface area contributed by atoms with Gasteiger partial charge in [0.05, 0.1) is 5.25 Å². The van der Waals surface area contributed by atoms with Gasteiger partial charge >= 0.3 is 0 Å². The minimum absolute atomic E-state index is 0. The summed E-state index contributed by atoms with van der Waals surface area (Å²) in [5.74, 6) is 1.21. The van der Waals surface area contributed by atoms with Crippen LogP contribution in [0.2, 0.25) is 0 Å². The van der Waals surface area contributed by atoms with E-state index in [0.717, 1.165) is 18.8 Å². The Morgan fingerprint density at radius 2 is 2.14 bits per heavy atom. The van der Waals surface area contributed by atoms with E-state index in [2.05, 4.69) is 35.8 Å². The molecule has 0 saturated heterocycles. The van der Waals surface area contributed by atoms with E-state index >= 15 is 0 Å². The Bertz CT molecular complexity index is 468. The molecule has 0 spiro atoms. The maximum absolute atomic E-state index is 12.0. The molecular formula is C16H25ClN2OS. The number of hydrogen-bond donors (Lipinski definition) is 2. The summed E-state index contributed by atoms with van der Waals surface area (Å²) in [5.41, 5.74) is 3.93. The van der Waals surface area contributed by atoms with Gasteiger partial charge < -0.3 is 10.6 Å². The molecule has 1 atom stereocenters. The number of unbranched alkanes of at least 4 members (excludes halogenated alkanes) is 1. The predicted molar refractivity (Wildman–Crippen MR) is 92.9 cm³/mol. The van der Waals surface area contributed by atoms with Crippen molar-refractivity contribution in [3.05, 3.63) is 34.9 Å². The average Bonchev–Trinajstić information content (AvgIpc) is 2.92. The lowest BCUT2D eigenvalue weighted by Gasteiger charge is -2.12. The summed E-state index contributed by atoms with van der Waals surface area (Å²) in [6.45, 7) is 6.70. The van der Waals surface area contributed by atoms with Gasteiger partial charge in [-0.25, -0.2) is 0 Å². The summed E-state index contributed by atoms with van der Waals surface area (Å²) in [6.07, 6.45) is 2.37. The summed E-state index contributed by atoms with van der Waals surface area (Å²) in [5, 5.41) is 6.41. The zero-order chi connectivity index (χ0) is 14.4. The fourth-order valence-electron chi connectivity index (χ4n) is 2.27. The lowest BCUT2D eigenvalue weighted by molar-refractivity contribution is -0.120. The van der Waals surface area contributed by atoms with Crippen LogP contribution >= 0.6 is 24.2 Å². The van der Waals surface area contributed by atoms with Crippen LogP contribution in [0, 0.1) is 0 Å². The van der Waals surface area contributed by atoms with Crippen LogP contribution in [0.15, 0.2) is 18.2 Å². The van der Waals surface area contributed by atoms with E-state index in [1.807, 2.05) is 6.92 Å². The lowest BCUT2D eigenvalue weighted by atomic mass is 10.1. The highest BCUT2D eigenvalue weighted by Crippen LogP contribution is 2.17. The van der Waals surface area contributed by atoms with Crippen molar-refractivity contribution in [2.24, 2.45) is 0 Å². The van der Waals surface area contributed by atoms with Crippen molar-refractivity contribution in [1.29, 1.82) is 0 Å². The minimum Gasteiger partial charge on any atom is -0.351 e. The van der Waals surface area contributed by atoms with Gasteiger partial charge in [-0.3, -0.25) is 4.79 Å². The Hall–Kier alpha value is -0.710. The van der Waals surface area contributed by atoms with E-state index in [-0.39, 0.29) is 23.6 Å². The van der Waals surface area contributed by atoms with Crippen molar-refractivity contribution < 1.29 is 4.79 Å². The Morgan fingerprint density at radius 3 is 2.90 bits per heavy atom. The molecule has 1 aliphatic rings. The molecule has 0 radical (unpaired) electrons. The summed E-state index contributed by atoms with van der Waals surface area (Å²) in [6, 6.07) is 6.47. The molecule has 0 saturated carbocycles. The third-order valence-corrected chi connectivity index (χ3v) is 4.84. The molecule has 118 valence electrons. The van der Waals surface area contributed by atoms with Crippen molar-refractivity contribution >= 4 is 30.1 Å². The Labute approximate surface area is 138 Å². The Kier molecular flexibility index (Phi) is 8.15. The molecule has 2 rings (SSSR count). The van der Waals surface area contributed by atoms with Crippen LogP contribution in [0.4, 0.5) is 0 Å². The zero-order valence-corrected chi connectivity index (χ0v) is 14.4. The number of amides is 1. The van der Waals surface area contributed by atoms with Crippen molar-refractivity contribution in [2.75, 3.05) is 5.75 Å². The van der Waals surface area contributed by atoms with Gasteiger partial charge in [0, 0.05) is 19.6 Å². The van der Waals surface area contributed by atoms with Crippen LogP contribution in [0.5, 0.6) is 0 Å². The second-order valence-corrected chi connectivity index (χ2v) is 6.74. The summed E-state index contributed by atoms with van der Waals surface area (Å²) >= 11 is 1.74. The van der Waals surface area contributed by atoms with Gasteiger partial charge in [0.15, 0.2) is 0 Å². The largest absolute Gasteiger partial charge is 0.351 e. The quantitative estimate of drug-likeness (QED) is 0.755. The normalized spacial score (nSPS) is 14.2. The highest BCUT2D eigenvalue weighted by atomic mass is 35.5. The minimum atomic E-state index is 0. The maximum Gasteiger partial charge on any atom is 0.233 e. The molecule has 1 aromatic carbocycles. The average molecular weight is 329 g/mol. The fourth-order valence-corrected chi connectivity index (χ4v) is 3.31. The van der Waals surface area contributed by atoms with Crippen LogP contribution in [0.3, 0.4) is 0 Å². The number of fused-ring (bicyclic) bond motifs is 1. The first-order chi connectivity index (χ1) is 9.70. The van der Waals surface area contributed by atoms with Gasteiger partial charge in [-0.2, -0.15) is 0 Å². The molecule has 1 aromatic rings. The smallest absolute Gasteiger partial charge is 0.233 e. The summed E-state index contributed by atoms with van der Waals surface area (Å²) < 4.78 is 0. The molecule has 1 heterocycles. The second-order valence-electron chi connectivity index (χ2n) is 5.29. The summed E-state index contributed by atoms with van der Waals surface area (Å²) in [4.78, 5) is 12.0. The SMILES string of the molecule is CCCCSC(C)C(=O)NCc1ccc2c(c1)CNC2.Cl. The molecule has 0 aliphatic carbocycles. The number of hydrogen-bond acceptors (Lipinski definition) is 3. The van der Waals surface area contributed by atoms with Gasteiger partial charge in [-0.05, 0) is 35.8 Å². The van der Waals surface area contributed by atoms with E-state index in [0.29, 0.717) is 6.54 Å². The van der Waals surface area contributed by atoms with E-state index in [4.69, 9.17) is 0 Å². The molecule has 2 N–H and O–H groups in total. The standard InChI is InChI=1S/C16H24N2OS.ClH/c1-3-4-7-20-12(2)16(19)18-9-13-5-6-14-10-17-11-15(14)8-13;/h5-6,8,12,17H,3-4,7,9-11H2,1-2H3,(H,18,19);1H. The fraction of sp³-hybridized carbons (Fsp3) is 0.562. The third kappa shape index (κ3) is 5.53. The number of halogens is 1. The van der Waals surface area contributed by atoms with Crippen LogP contribution in [0.1, 0.15) is 43.4 Å². The number of nitrogens with one attached hydrogen (secondary N) is 2. The number of carbonyl (C=O) groups is 1. The van der Waals surface area contributed by atoms with Crippen LogP contribution < -0.4 is 10.6 Å². The molecule has 0 fully saturated rings. The second kappa shape index (κ2) is 9.34. The van der Waals surface area contributed by atoms with Gasteiger partial charge in [-0.15, -0.1) is 24.2 Å². The van der Waals surface area contributed by atoms with Crippen molar-refractivity contribution in [1.82, 2.24) is 10.6 Å². The van der Waals surface area contributed by atoms with Crippen LogP contribution in [-0.2, 0) is 24.4 Å². The molecule has 1 unspecified atom stereocenters. The highest BCUT2D eigenvalue weighted by molar-refractivity contribution is 8.00. The molecule has 0 bridgehead atoms. The number of carbonyl (C=O) groups excluding carboxylic acids is 1. The molecule has 3 nitrogen and oxygen atoms in total. The Balaban J connectivity index is 0.00000220. The molecule has 5 heteroatoms. The first kappa shape index (κ1) is 18.3. The van der Waals surface area contributed by atoms with Crippen molar-refractivity contribution in [3.8, 4) is 0 Å². The molecule has 21 heavy (non-hydrogen) atoms. The van der Waals surface area contributed by atoms with Crippen LogP contribution in [0.25, 0.3) is 0 Å². The zero-order valence-electron chi connectivity index (χ0n) is 12.8. The van der Waals surface area contributed by atoms with Gasteiger partial charge in [0.25, 0.3) is 0 Å². The topological polar surface area (TPSA) is 41.1 Å². The Morgan fingerprint density at radius 1 is 1.38 bits per heavy atom. The van der Waals surface area contributed by atoms with Crippen LogP contribution in [-0.4, -0.2) is 16.9 Å². The first-order valence-corrected chi connectivity index (χ1v) is 8.46. The number of rotatable bonds is 7. The van der Waals surface area contributed by atoms with E-state index < -0.39 is 0 Å². The highest BCUT2D eigenvalue weighted by Gasteiger charge is 2.13. The van der Waals surface area contributed by atoms with E-state index in [1.54, 1.807) is 11.8 Å². The first-order valence-electron chi connectivity index (χ1n) is 7.41.